The fourth-order valence-electron chi connectivity index (χ4n) is 5.92. The molecule has 2 aromatic carbocycles. The molecule has 0 unspecified atom stereocenters. The van der Waals surface area contributed by atoms with Gasteiger partial charge in [0, 0.05) is 41.3 Å². The smallest absolute Gasteiger partial charge is 0.267 e. The van der Waals surface area contributed by atoms with Crippen molar-refractivity contribution in [2.24, 2.45) is 5.92 Å². The van der Waals surface area contributed by atoms with Crippen molar-refractivity contribution in [3.63, 3.8) is 0 Å². The van der Waals surface area contributed by atoms with Gasteiger partial charge in [-0.1, -0.05) is 48.9 Å². The van der Waals surface area contributed by atoms with Crippen LogP contribution in [0.2, 0.25) is 0 Å². The van der Waals surface area contributed by atoms with Crippen LogP contribution in [-0.2, 0) is 17.8 Å². The Balaban J connectivity index is 1.35. The Morgan fingerprint density at radius 1 is 1.19 bits per heavy atom. The number of amides is 1. The molecule has 2 aliphatic rings. The number of fused-ring (bicyclic) bond motifs is 2. The summed E-state index contributed by atoms with van der Waals surface area (Å²) in [6, 6.07) is 18.3. The van der Waals surface area contributed by atoms with Gasteiger partial charge in [-0.3, -0.25) is 14.9 Å². The van der Waals surface area contributed by atoms with Crippen LogP contribution in [0, 0.1) is 12.8 Å². The summed E-state index contributed by atoms with van der Waals surface area (Å²) in [6.45, 7) is 3.17. The molecule has 1 saturated carbocycles. The summed E-state index contributed by atoms with van der Waals surface area (Å²) in [6.07, 6.45) is 9.45. The average molecular weight is 430 g/mol. The number of carbonyl (C=O) groups excluding carboxylic acids is 1. The van der Waals surface area contributed by atoms with E-state index in [-0.39, 0.29) is 0 Å². The highest BCUT2D eigenvalue weighted by Crippen LogP contribution is 2.43. The van der Waals surface area contributed by atoms with Crippen LogP contribution < -0.4 is 5.48 Å². The van der Waals surface area contributed by atoms with Crippen molar-refractivity contribution in [2.45, 2.75) is 57.7 Å². The zero-order valence-electron chi connectivity index (χ0n) is 18.6. The van der Waals surface area contributed by atoms with E-state index < -0.39 is 5.91 Å². The second kappa shape index (κ2) is 8.93. The quantitative estimate of drug-likeness (QED) is 0.294. The van der Waals surface area contributed by atoms with Crippen LogP contribution in [0.3, 0.4) is 0 Å². The van der Waals surface area contributed by atoms with Gasteiger partial charge in [-0.05, 0) is 67.4 Å². The lowest BCUT2D eigenvalue weighted by atomic mass is 9.96. The van der Waals surface area contributed by atoms with Crippen LogP contribution >= 0.6 is 0 Å². The molecular weight excluding hydrogens is 398 g/mol. The largest absolute Gasteiger partial charge is 0.358 e. The fraction of sp³-hybridized carbons (Fsp3) is 0.370. The first kappa shape index (κ1) is 21.0. The molecule has 3 N–H and O–H groups in total. The number of carbonyl (C=O) groups is 1. The summed E-state index contributed by atoms with van der Waals surface area (Å²) in [4.78, 5) is 17.5. The first-order valence-electron chi connectivity index (χ1n) is 11.7. The molecule has 2 heterocycles. The van der Waals surface area contributed by atoms with Crippen molar-refractivity contribution in [1.29, 1.82) is 0 Å². The molecule has 5 rings (SSSR count). The Morgan fingerprint density at radius 2 is 2.00 bits per heavy atom. The van der Waals surface area contributed by atoms with E-state index in [4.69, 9.17) is 5.21 Å². The number of benzene rings is 2. The minimum atomic E-state index is -0.520. The molecule has 0 bridgehead atoms. The van der Waals surface area contributed by atoms with Gasteiger partial charge >= 0.3 is 0 Å². The molecule has 166 valence electrons. The molecule has 1 amide bonds. The zero-order valence-corrected chi connectivity index (χ0v) is 18.6. The maximum Gasteiger partial charge on any atom is 0.267 e. The third kappa shape index (κ3) is 4.10. The number of aromatic amines is 1. The van der Waals surface area contributed by atoms with Crippen molar-refractivity contribution >= 4 is 22.9 Å². The number of nitrogens with zero attached hydrogens (tertiary/aromatic N) is 1. The minimum Gasteiger partial charge on any atom is -0.358 e. The molecule has 5 nitrogen and oxygen atoms in total. The van der Waals surface area contributed by atoms with E-state index in [1.54, 1.807) is 11.6 Å². The summed E-state index contributed by atoms with van der Waals surface area (Å²) >= 11 is 0. The highest BCUT2D eigenvalue weighted by atomic mass is 16.5. The second-order valence-electron chi connectivity index (χ2n) is 9.35. The average Bonchev–Trinajstić information content (AvgIpc) is 3.48. The van der Waals surface area contributed by atoms with E-state index in [0.29, 0.717) is 12.1 Å². The molecule has 1 aliphatic carbocycles. The number of para-hydroxylation sites is 1. The van der Waals surface area contributed by atoms with Crippen LogP contribution in [0.1, 0.15) is 48.1 Å². The van der Waals surface area contributed by atoms with E-state index >= 15 is 0 Å². The highest BCUT2D eigenvalue weighted by Gasteiger charge is 2.43. The summed E-state index contributed by atoms with van der Waals surface area (Å²) < 4.78 is 0. The summed E-state index contributed by atoms with van der Waals surface area (Å²) in [5.41, 5.74) is 7.88. The van der Waals surface area contributed by atoms with Crippen LogP contribution in [0.4, 0.5) is 0 Å². The van der Waals surface area contributed by atoms with Gasteiger partial charge in [0.25, 0.3) is 5.91 Å². The number of likely N-dealkylation sites (tertiary alicyclic amines) is 1. The minimum absolute atomic E-state index is 0.520. The SMILES string of the molecule is Cc1[nH]c2ccccc2c1C[C@H]1C[C@H]2CCC[C@H]2N1Cc1ccc(/C=C/C(=O)NO)cc1. The Bertz CT molecular complexity index is 1130. The van der Waals surface area contributed by atoms with Crippen molar-refractivity contribution in [1.82, 2.24) is 15.4 Å². The molecule has 0 radical (unpaired) electrons. The van der Waals surface area contributed by atoms with Gasteiger partial charge in [0.2, 0.25) is 0 Å². The summed E-state index contributed by atoms with van der Waals surface area (Å²) in [5.74, 6) is 0.304. The molecule has 32 heavy (non-hydrogen) atoms. The summed E-state index contributed by atoms with van der Waals surface area (Å²) in [5, 5.41) is 9.99. The Labute approximate surface area is 189 Å². The van der Waals surface area contributed by atoms with Crippen molar-refractivity contribution in [3.05, 3.63) is 77.0 Å². The molecule has 1 aliphatic heterocycles. The predicted molar refractivity (Wildman–Crippen MR) is 127 cm³/mol. The lowest BCUT2D eigenvalue weighted by molar-refractivity contribution is -0.124. The molecule has 3 aromatic rings. The predicted octanol–water partition coefficient (Wildman–Crippen LogP) is 4.98. The lowest BCUT2D eigenvalue weighted by Gasteiger charge is -2.30. The number of H-pyrrole nitrogens is 1. The van der Waals surface area contributed by atoms with Gasteiger partial charge in [-0.25, -0.2) is 5.48 Å². The number of nitrogens with one attached hydrogen (secondary N) is 2. The van der Waals surface area contributed by atoms with Crippen LogP contribution in [0.25, 0.3) is 17.0 Å². The van der Waals surface area contributed by atoms with Crippen molar-refractivity contribution in [2.75, 3.05) is 0 Å². The topological polar surface area (TPSA) is 68.4 Å². The van der Waals surface area contributed by atoms with E-state index in [1.807, 2.05) is 12.1 Å². The lowest BCUT2D eigenvalue weighted by Crippen LogP contribution is -2.36. The van der Waals surface area contributed by atoms with E-state index in [9.17, 15) is 4.79 Å². The Morgan fingerprint density at radius 3 is 2.81 bits per heavy atom. The van der Waals surface area contributed by atoms with Gasteiger partial charge in [-0.2, -0.15) is 0 Å². The van der Waals surface area contributed by atoms with Gasteiger partial charge in [0.1, 0.15) is 0 Å². The normalized spacial score (nSPS) is 23.2. The molecule has 0 spiro atoms. The summed E-state index contributed by atoms with van der Waals surface area (Å²) in [7, 11) is 0. The number of hydroxylamine groups is 1. The molecule has 3 atom stereocenters. The van der Waals surface area contributed by atoms with Gasteiger partial charge in [0.15, 0.2) is 0 Å². The van der Waals surface area contributed by atoms with E-state index in [2.05, 4.69) is 53.2 Å². The molecular formula is C27H31N3O2. The van der Waals surface area contributed by atoms with Crippen molar-refractivity contribution < 1.29 is 10.0 Å². The fourth-order valence-corrected chi connectivity index (χ4v) is 5.92. The monoisotopic (exact) mass is 429 g/mol. The number of aryl methyl sites for hydroxylation is 1. The van der Waals surface area contributed by atoms with Crippen LogP contribution in [0.15, 0.2) is 54.6 Å². The maximum absolute atomic E-state index is 11.2. The number of hydrogen-bond donors (Lipinski definition) is 3. The maximum atomic E-state index is 11.2. The van der Waals surface area contributed by atoms with Gasteiger partial charge < -0.3 is 4.98 Å². The first-order chi connectivity index (χ1) is 15.6. The third-order valence-electron chi connectivity index (χ3n) is 7.44. The highest BCUT2D eigenvalue weighted by molar-refractivity contribution is 5.90. The van der Waals surface area contributed by atoms with Crippen LogP contribution in [-0.4, -0.2) is 33.1 Å². The number of aromatic nitrogens is 1. The molecule has 5 heteroatoms. The number of hydrogen-bond acceptors (Lipinski definition) is 3. The molecule has 1 aromatic heterocycles. The zero-order chi connectivity index (χ0) is 22.1. The Kier molecular flexibility index (Phi) is 5.85. The second-order valence-corrected chi connectivity index (χ2v) is 9.35. The molecule has 1 saturated heterocycles. The standard InChI is InChI=1S/C27H31N3O2/c1-18-24(23-6-2-3-7-25(23)28-18)16-22-15-21-5-4-8-26(21)30(22)17-20-11-9-19(10-12-20)13-14-27(31)29-32/h2-3,6-7,9-14,21-22,26,28,32H,4-5,8,15-17H2,1H3,(H,29,31)/b14-13+/t21-,22-,26-/m1/s1. The third-order valence-corrected chi connectivity index (χ3v) is 7.44. The Hall–Kier alpha value is -2.89. The first-order valence-corrected chi connectivity index (χ1v) is 11.7. The van der Waals surface area contributed by atoms with Crippen molar-refractivity contribution in [3.8, 4) is 0 Å². The van der Waals surface area contributed by atoms with Crippen LogP contribution in [0.5, 0.6) is 0 Å². The van der Waals surface area contributed by atoms with Gasteiger partial charge in [-0.15, -0.1) is 0 Å². The van der Waals surface area contributed by atoms with Gasteiger partial charge in [0.05, 0.1) is 0 Å². The molecule has 2 fully saturated rings. The number of rotatable bonds is 6. The van der Waals surface area contributed by atoms with E-state index in [0.717, 1.165) is 24.4 Å². The van der Waals surface area contributed by atoms with E-state index in [1.165, 1.54) is 59.5 Å².